The molecule has 1 aromatic carbocycles. The van der Waals surface area contributed by atoms with Crippen molar-refractivity contribution in [3.63, 3.8) is 0 Å². The molecule has 0 spiro atoms. The Bertz CT molecular complexity index is 749. The molecular weight excluding hydrogens is 374 g/mol. The summed E-state index contributed by atoms with van der Waals surface area (Å²) in [5.41, 5.74) is 0.605. The van der Waals surface area contributed by atoms with Crippen molar-refractivity contribution < 1.29 is 23.9 Å². The van der Waals surface area contributed by atoms with Gasteiger partial charge in [0.15, 0.2) is 6.10 Å². The number of nitrogens with zero attached hydrogens (tertiary/aromatic N) is 2. The number of hydrogen-bond donors (Lipinski definition) is 1. The molecule has 2 amide bonds. The summed E-state index contributed by atoms with van der Waals surface area (Å²) in [5.74, 6) is -0.227. The van der Waals surface area contributed by atoms with Crippen molar-refractivity contribution in [1.82, 2.24) is 10.2 Å². The number of amides is 2. The van der Waals surface area contributed by atoms with Gasteiger partial charge in [0.05, 0.1) is 6.54 Å². The lowest BCUT2D eigenvalue weighted by atomic mass is 10.1. The molecule has 29 heavy (non-hydrogen) atoms. The zero-order valence-electron chi connectivity index (χ0n) is 17.3. The molecule has 1 atom stereocenters. The fourth-order valence-electron chi connectivity index (χ4n) is 3.41. The number of hydrogen-bond acceptors (Lipinski definition) is 7. The largest absolute Gasteiger partial charge is 0.481 e. The number of benzene rings is 1. The number of piperidine rings is 1. The summed E-state index contributed by atoms with van der Waals surface area (Å²) in [6, 6.07) is 7.60. The number of anilines is 1. The van der Waals surface area contributed by atoms with E-state index in [0.717, 1.165) is 31.9 Å². The van der Waals surface area contributed by atoms with E-state index in [9.17, 15) is 14.4 Å². The Labute approximate surface area is 171 Å². The molecular formula is C21H29N3O5. The Morgan fingerprint density at radius 1 is 1.10 bits per heavy atom. The van der Waals surface area contributed by atoms with E-state index in [1.54, 1.807) is 0 Å². The summed E-state index contributed by atoms with van der Waals surface area (Å²) < 4.78 is 11.1. The quantitative estimate of drug-likeness (QED) is 0.586. The highest BCUT2D eigenvalue weighted by atomic mass is 16.6. The Hall–Kier alpha value is -2.61. The molecule has 2 heterocycles. The van der Waals surface area contributed by atoms with Crippen molar-refractivity contribution in [2.24, 2.45) is 0 Å². The summed E-state index contributed by atoms with van der Waals surface area (Å²) in [6.45, 7) is 9.13. The van der Waals surface area contributed by atoms with Gasteiger partial charge in [-0.15, -0.1) is 0 Å². The third-order valence-electron chi connectivity index (χ3n) is 4.81. The van der Waals surface area contributed by atoms with Crippen molar-refractivity contribution in [2.45, 2.75) is 45.3 Å². The van der Waals surface area contributed by atoms with Gasteiger partial charge in [-0.05, 0) is 45.0 Å². The van der Waals surface area contributed by atoms with Crippen LogP contribution < -0.4 is 15.0 Å². The lowest BCUT2D eigenvalue weighted by Gasteiger charge is -2.36. The SMILES string of the molecule is CC(C)(C)OC(=O)CN1CCN(c2ccc(OC3CCC(=O)NC3=O)cc2)CC1. The van der Waals surface area contributed by atoms with E-state index in [1.165, 1.54) is 0 Å². The number of carbonyl (C=O) groups is 3. The molecule has 2 aliphatic rings. The zero-order chi connectivity index (χ0) is 21.0. The summed E-state index contributed by atoms with van der Waals surface area (Å²) in [6.07, 6.45) is 0.0589. The van der Waals surface area contributed by atoms with Crippen molar-refractivity contribution in [2.75, 3.05) is 37.6 Å². The summed E-state index contributed by atoms with van der Waals surface area (Å²) in [4.78, 5) is 39.4. The van der Waals surface area contributed by atoms with Crippen LogP contribution in [0.4, 0.5) is 5.69 Å². The van der Waals surface area contributed by atoms with Gasteiger partial charge in [-0.25, -0.2) is 0 Å². The molecule has 2 aliphatic heterocycles. The maximum atomic E-state index is 12.0. The Kier molecular flexibility index (Phi) is 6.42. The molecule has 0 aromatic heterocycles. The average Bonchev–Trinajstić information content (AvgIpc) is 2.64. The van der Waals surface area contributed by atoms with E-state index >= 15 is 0 Å². The number of nitrogens with one attached hydrogen (secondary N) is 1. The molecule has 158 valence electrons. The van der Waals surface area contributed by atoms with Crippen molar-refractivity contribution in [3.05, 3.63) is 24.3 Å². The molecule has 1 unspecified atom stereocenters. The third kappa shape index (κ3) is 6.19. The van der Waals surface area contributed by atoms with Gasteiger partial charge < -0.3 is 14.4 Å². The Morgan fingerprint density at radius 2 is 1.76 bits per heavy atom. The van der Waals surface area contributed by atoms with Crippen LogP contribution in [0.1, 0.15) is 33.6 Å². The van der Waals surface area contributed by atoms with E-state index in [0.29, 0.717) is 25.1 Å². The number of imide groups is 1. The number of carbonyl (C=O) groups excluding carboxylic acids is 3. The first-order chi connectivity index (χ1) is 13.7. The molecule has 0 saturated carbocycles. The first-order valence-corrected chi connectivity index (χ1v) is 9.99. The molecule has 3 rings (SSSR count). The standard InChI is InChI=1S/C21H29N3O5/c1-21(2,3)29-19(26)14-23-10-12-24(13-11-23)15-4-6-16(7-5-15)28-17-8-9-18(25)22-20(17)27/h4-7,17H,8-14H2,1-3H3,(H,22,25,27). The van der Waals surface area contributed by atoms with Crippen LogP contribution in [0, 0.1) is 0 Å². The van der Waals surface area contributed by atoms with Gasteiger partial charge in [0.25, 0.3) is 5.91 Å². The molecule has 2 saturated heterocycles. The van der Waals surface area contributed by atoms with E-state index in [2.05, 4.69) is 15.1 Å². The number of rotatable bonds is 5. The molecule has 8 heteroatoms. The lowest BCUT2D eigenvalue weighted by molar-refractivity contribution is -0.156. The van der Waals surface area contributed by atoms with Gasteiger partial charge in [-0.2, -0.15) is 0 Å². The smallest absolute Gasteiger partial charge is 0.320 e. The van der Waals surface area contributed by atoms with Crippen LogP contribution in [0.3, 0.4) is 0 Å². The van der Waals surface area contributed by atoms with Crippen LogP contribution in [-0.2, 0) is 19.1 Å². The van der Waals surface area contributed by atoms with Gasteiger partial charge >= 0.3 is 5.97 Å². The van der Waals surface area contributed by atoms with Gasteiger partial charge in [0, 0.05) is 44.7 Å². The minimum atomic E-state index is -0.630. The maximum Gasteiger partial charge on any atom is 0.320 e. The molecule has 1 N–H and O–H groups in total. The maximum absolute atomic E-state index is 12.0. The molecule has 0 radical (unpaired) electrons. The van der Waals surface area contributed by atoms with Crippen LogP contribution in [-0.4, -0.2) is 67.1 Å². The van der Waals surface area contributed by atoms with Gasteiger partial charge in [0.2, 0.25) is 5.91 Å². The Morgan fingerprint density at radius 3 is 2.34 bits per heavy atom. The summed E-state index contributed by atoms with van der Waals surface area (Å²) >= 11 is 0. The monoisotopic (exact) mass is 403 g/mol. The first kappa shape index (κ1) is 21.1. The van der Waals surface area contributed by atoms with Crippen LogP contribution in [0.25, 0.3) is 0 Å². The second-order valence-corrected chi connectivity index (χ2v) is 8.40. The van der Waals surface area contributed by atoms with E-state index in [4.69, 9.17) is 9.47 Å². The third-order valence-corrected chi connectivity index (χ3v) is 4.81. The Balaban J connectivity index is 1.47. The number of ether oxygens (including phenoxy) is 2. The summed E-state index contributed by atoms with van der Waals surface area (Å²) in [7, 11) is 0. The predicted octanol–water partition coefficient (Wildman–Crippen LogP) is 1.33. The minimum absolute atomic E-state index is 0.194. The van der Waals surface area contributed by atoms with E-state index in [-0.39, 0.29) is 17.8 Å². The highest BCUT2D eigenvalue weighted by molar-refractivity contribution is 5.99. The van der Waals surface area contributed by atoms with E-state index in [1.807, 2.05) is 45.0 Å². The van der Waals surface area contributed by atoms with Gasteiger partial charge in [-0.1, -0.05) is 0 Å². The fraction of sp³-hybridized carbons (Fsp3) is 0.571. The second-order valence-electron chi connectivity index (χ2n) is 8.40. The first-order valence-electron chi connectivity index (χ1n) is 9.99. The lowest BCUT2D eigenvalue weighted by Crippen LogP contribution is -2.48. The average molecular weight is 403 g/mol. The van der Waals surface area contributed by atoms with Crippen molar-refractivity contribution >= 4 is 23.5 Å². The predicted molar refractivity (Wildman–Crippen MR) is 108 cm³/mol. The second kappa shape index (κ2) is 8.82. The molecule has 2 fully saturated rings. The molecule has 8 nitrogen and oxygen atoms in total. The molecule has 0 bridgehead atoms. The number of esters is 1. The van der Waals surface area contributed by atoms with Crippen LogP contribution in [0.2, 0.25) is 0 Å². The highest BCUT2D eigenvalue weighted by Gasteiger charge is 2.28. The van der Waals surface area contributed by atoms with Crippen LogP contribution in [0.15, 0.2) is 24.3 Å². The summed E-state index contributed by atoms with van der Waals surface area (Å²) in [5, 5.41) is 2.29. The van der Waals surface area contributed by atoms with Gasteiger partial charge in [-0.3, -0.25) is 24.6 Å². The van der Waals surface area contributed by atoms with Gasteiger partial charge in [0.1, 0.15) is 11.4 Å². The van der Waals surface area contributed by atoms with Crippen molar-refractivity contribution in [3.8, 4) is 5.75 Å². The fourth-order valence-corrected chi connectivity index (χ4v) is 3.41. The zero-order valence-corrected chi connectivity index (χ0v) is 17.3. The molecule has 1 aromatic rings. The minimum Gasteiger partial charge on any atom is -0.481 e. The highest BCUT2D eigenvalue weighted by Crippen LogP contribution is 2.23. The number of piperazine rings is 1. The molecule has 0 aliphatic carbocycles. The van der Waals surface area contributed by atoms with E-state index < -0.39 is 11.7 Å². The van der Waals surface area contributed by atoms with Crippen LogP contribution >= 0.6 is 0 Å². The topological polar surface area (TPSA) is 88.2 Å². The normalized spacial score (nSPS) is 20.9. The van der Waals surface area contributed by atoms with Crippen molar-refractivity contribution in [1.29, 1.82) is 0 Å². The van der Waals surface area contributed by atoms with Crippen LogP contribution in [0.5, 0.6) is 5.75 Å².